The molecule has 0 saturated heterocycles. The van der Waals surface area contributed by atoms with Crippen LogP contribution in [0.2, 0.25) is 0 Å². The van der Waals surface area contributed by atoms with Gasteiger partial charge in [0, 0.05) is 0 Å². The monoisotopic (exact) mass is 450 g/mol. The zero-order valence-electron chi connectivity index (χ0n) is 19.7. The largest absolute Gasteiger partial charge is 0.435 e. The van der Waals surface area contributed by atoms with Gasteiger partial charge in [0.05, 0.1) is 0 Å². The van der Waals surface area contributed by atoms with Gasteiger partial charge < -0.3 is 4.74 Å². The normalized spacial score (nSPS) is 11.2. The number of halogens is 2. The maximum Gasteiger partial charge on any atom is 0.387 e. The lowest BCUT2D eigenvalue weighted by Crippen LogP contribution is -2.01. The standard InChI is InChI=1S/C30H36F2O/c1-2-3-4-5-6-7-8-9-24-10-12-25(13-11-24)14-15-26-16-18-27(19-17-26)28-20-22-29(23-21-28)33-30(31)32/h10-13,16-23,30H,2-9,14-15H2,1H3. The van der Waals surface area contributed by atoms with Crippen molar-refractivity contribution in [1.29, 1.82) is 0 Å². The molecule has 0 aliphatic carbocycles. The van der Waals surface area contributed by atoms with Gasteiger partial charge in [0.25, 0.3) is 0 Å². The van der Waals surface area contributed by atoms with Gasteiger partial charge in [0.15, 0.2) is 0 Å². The topological polar surface area (TPSA) is 9.23 Å². The van der Waals surface area contributed by atoms with E-state index < -0.39 is 6.61 Å². The number of benzene rings is 3. The Morgan fingerprint density at radius 2 is 0.970 bits per heavy atom. The molecular weight excluding hydrogens is 414 g/mol. The van der Waals surface area contributed by atoms with E-state index in [1.54, 1.807) is 24.3 Å². The van der Waals surface area contributed by atoms with Crippen molar-refractivity contribution in [3.8, 4) is 16.9 Å². The average Bonchev–Trinajstić information content (AvgIpc) is 2.83. The molecule has 0 N–H and O–H groups in total. The van der Waals surface area contributed by atoms with Crippen molar-refractivity contribution in [1.82, 2.24) is 0 Å². The van der Waals surface area contributed by atoms with Crippen molar-refractivity contribution in [3.05, 3.63) is 89.5 Å². The Bertz CT molecular complexity index is 915. The molecule has 0 aliphatic rings. The van der Waals surface area contributed by atoms with Crippen LogP contribution in [0.25, 0.3) is 11.1 Å². The fourth-order valence-electron chi connectivity index (χ4n) is 4.14. The Balaban J connectivity index is 1.41. The third-order valence-electron chi connectivity index (χ3n) is 6.16. The summed E-state index contributed by atoms with van der Waals surface area (Å²) in [7, 11) is 0. The molecule has 0 saturated carbocycles. The molecule has 3 aromatic rings. The van der Waals surface area contributed by atoms with E-state index >= 15 is 0 Å². The van der Waals surface area contributed by atoms with Crippen LogP contribution in [-0.2, 0) is 19.3 Å². The number of unbranched alkanes of at least 4 members (excludes halogenated alkanes) is 6. The van der Waals surface area contributed by atoms with Crippen LogP contribution in [0, 0.1) is 0 Å². The Morgan fingerprint density at radius 1 is 0.545 bits per heavy atom. The molecular formula is C30H36F2O. The molecule has 0 fully saturated rings. The number of hydrogen-bond donors (Lipinski definition) is 0. The van der Waals surface area contributed by atoms with Crippen molar-refractivity contribution in [3.63, 3.8) is 0 Å². The van der Waals surface area contributed by atoms with E-state index in [9.17, 15) is 8.78 Å². The zero-order chi connectivity index (χ0) is 23.3. The number of alkyl halides is 2. The minimum atomic E-state index is -2.79. The van der Waals surface area contributed by atoms with Crippen LogP contribution < -0.4 is 4.74 Å². The number of aryl methyl sites for hydroxylation is 3. The van der Waals surface area contributed by atoms with Crippen LogP contribution in [-0.4, -0.2) is 6.61 Å². The molecule has 0 unspecified atom stereocenters. The van der Waals surface area contributed by atoms with Gasteiger partial charge in [-0.25, -0.2) is 0 Å². The summed E-state index contributed by atoms with van der Waals surface area (Å²) in [5.74, 6) is 0.179. The quantitative estimate of drug-likeness (QED) is 0.223. The van der Waals surface area contributed by atoms with Crippen LogP contribution in [0.1, 0.15) is 68.6 Å². The maximum atomic E-state index is 12.3. The zero-order valence-corrected chi connectivity index (χ0v) is 19.7. The second kappa shape index (κ2) is 13.8. The van der Waals surface area contributed by atoms with E-state index in [-0.39, 0.29) is 5.75 Å². The van der Waals surface area contributed by atoms with E-state index in [1.807, 2.05) is 0 Å². The molecule has 3 aromatic carbocycles. The predicted molar refractivity (Wildman–Crippen MR) is 134 cm³/mol. The van der Waals surface area contributed by atoms with Crippen molar-refractivity contribution in [2.24, 2.45) is 0 Å². The third-order valence-corrected chi connectivity index (χ3v) is 6.16. The van der Waals surface area contributed by atoms with E-state index in [4.69, 9.17) is 0 Å². The molecule has 0 amide bonds. The number of hydrogen-bond acceptors (Lipinski definition) is 1. The maximum absolute atomic E-state index is 12.3. The minimum Gasteiger partial charge on any atom is -0.435 e. The minimum absolute atomic E-state index is 0.179. The smallest absolute Gasteiger partial charge is 0.387 e. The Morgan fingerprint density at radius 3 is 1.48 bits per heavy atom. The second-order valence-electron chi connectivity index (χ2n) is 8.79. The van der Waals surface area contributed by atoms with Gasteiger partial charge in [0.2, 0.25) is 0 Å². The van der Waals surface area contributed by atoms with Gasteiger partial charge in [-0.2, -0.15) is 8.78 Å². The lowest BCUT2D eigenvalue weighted by atomic mass is 9.99. The van der Waals surface area contributed by atoms with Gasteiger partial charge in [-0.3, -0.25) is 0 Å². The summed E-state index contributed by atoms with van der Waals surface area (Å²) >= 11 is 0. The summed E-state index contributed by atoms with van der Waals surface area (Å²) in [6.45, 7) is -0.531. The van der Waals surface area contributed by atoms with Crippen molar-refractivity contribution >= 4 is 0 Å². The molecule has 0 aliphatic heterocycles. The number of ether oxygens (including phenoxy) is 1. The Kier molecular flexibility index (Phi) is 10.4. The second-order valence-corrected chi connectivity index (χ2v) is 8.79. The molecule has 33 heavy (non-hydrogen) atoms. The summed E-state index contributed by atoms with van der Waals surface area (Å²) in [5.41, 5.74) is 6.17. The molecule has 0 spiro atoms. The van der Waals surface area contributed by atoms with Gasteiger partial charge in [-0.15, -0.1) is 0 Å². The fourth-order valence-corrected chi connectivity index (χ4v) is 4.14. The van der Waals surface area contributed by atoms with Gasteiger partial charge in [-0.1, -0.05) is 106 Å². The van der Waals surface area contributed by atoms with E-state index in [0.717, 1.165) is 24.0 Å². The van der Waals surface area contributed by atoms with Crippen LogP contribution in [0.3, 0.4) is 0 Å². The highest BCUT2D eigenvalue weighted by Crippen LogP contribution is 2.24. The molecule has 176 valence electrons. The van der Waals surface area contributed by atoms with E-state index in [0.29, 0.717) is 0 Å². The summed E-state index contributed by atoms with van der Waals surface area (Å²) in [4.78, 5) is 0. The highest BCUT2D eigenvalue weighted by Gasteiger charge is 2.05. The van der Waals surface area contributed by atoms with Crippen LogP contribution in [0.4, 0.5) is 8.78 Å². The molecule has 0 bridgehead atoms. The first-order valence-corrected chi connectivity index (χ1v) is 12.4. The SMILES string of the molecule is CCCCCCCCCc1ccc(CCc2ccc(-c3ccc(OC(F)F)cc3)cc2)cc1. The molecule has 3 heteroatoms. The van der Waals surface area contributed by atoms with E-state index in [2.05, 4.69) is 60.2 Å². The number of rotatable bonds is 14. The summed E-state index contributed by atoms with van der Waals surface area (Å²) in [6, 6.07) is 24.4. The first kappa shape index (κ1) is 25.0. The van der Waals surface area contributed by atoms with Gasteiger partial charge in [-0.05, 0) is 65.6 Å². The van der Waals surface area contributed by atoms with Crippen molar-refractivity contribution < 1.29 is 13.5 Å². The highest BCUT2D eigenvalue weighted by atomic mass is 19.3. The molecule has 0 heterocycles. The highest BCUT2D eigenvalue weighted by molar-refractivity contribution is 5.64. The third kappa shape index (κ3) is 9.00. The van der Waals surface area contributed by atoms with Gasteiger partial charge >= 0.3 is 6.61 Å². The van der Waals surface area contributed by atoms with Crippen LogP contribution >= 0.6 is 0 Å². The van der Waals surface area contributed by atoms with Gasteiger partial charge in [0.1, 0.15) is 5.75 Å². The Hall–Kier alpha value is -2.68. The molecule has 0 aromatic heterocycles. The molecule has 1 nitrogen and oxygen atoms in total. The van der Waals surface area contributed by atoms with Crippen LogP contribution in [0.5, 0.6) is 5.75 Å². The molecule has 0 atom stereocenters. The first-order valence-electron chi connectivity index (χ1n) is 12.4. The summed E-state index contributed by atoms with van der Waals surface area (Å²) in [6.07, 6.45) is 12.7. The van der Waals surface area contributed by atoms with Crippen molar-refractivity contribution in [2.45, 2.75) is 77.7 Å². The molecule has 3 rings (SSSR count). The molecule has 0 radical (unpaired) electrons. The van der Waals surface area contributed by atoms with E-state index in [1.165, 1.54) is 68.1 Å². The first-order chi connectivity index (χ1) is 16.1. The summed E-state index contributed by atoms with van der Waals surface area (Å²) in [5, 5.41) is 0. The predicted octanol–water partition coefficient (Wildman–Crippen LogP) is 9.03. The van der Waals surface area contributed by atoms with Crippen LogP contribution in [0.15, 0.2) is 72.8 Å². The van der Waals surface area contributed by atoms with Crippen molar-refractivity contribution in [2.75, 3.05) is 0 Å². The average molecular weight is 451 g/mol. The lowest BCUT2D eigenvalue weighted by Gasteiger charge is -2.08. The summed E-state index contributed by atoms with van der Waals surface area (Å²) < 4.78 is 29.0. The lowest BCUT2D eigenvalue weighted by molar-refractivity contribution is -0.0498. The fraction of sp³-hybridized carbons (Fsp3) is 0.400. The Labute approximate surface area is 197 Å².